The lowest BCUT2D eigenvalue weighted by Gasteiger charge is -2.25. The molecule has 1 aromatic carbocycles. The summed E-state index contributed by atoms with van der Waals surface area (Å²) in [6, 6.07) is 3.34. The minimum absolute atomic E-state index is 0.0189. The van der Waals surface area contributed by atoms with Crippen molar-refractivity contribution in [2.24, 2.45) is 11.3 Å². The molecule has 5 nitrogen and oxygen atoms in total. The maximum absolute atomic E-state index is 13.1. The van der Waals surface area contributed by atoms with Crippen LogP contribution in [0.25, 0.3) is 0 Å². The molecule has 1 aliphatic heterocycles. The molecule has 0 aromatic heterocycles. The number of hydrogen-bond acceptors (Lipinski definition) is 2. The highest BCUT2D eigenvalue weighted by atomic mass is 35.5. The lowest BCUT2D eigenvalue weighted by molar-refractivity contribution is -0.149. The van der Waals surface area contributed by atoms with Gasteiger partial charge in [-0.2, -0.15) is 0 Å². The smallest absolute Gasteiger partial charge is 0.317 e. The number of carboxylic acid groups (broad SMARTS) is 1. The van der Waals surface area contributed by atoms with Gasteiger partial charge in [-0.3, -0.25) is 4.79 Å². The number of fused-ring (bicyclic) bond motifs is 1. The fourth-order valence-electron chi connectivity index (χ4n) is 4.00. The van der Waals surface area contributed by atoms with Crippen LogP contribution in [0.15, 0.2) is 18.2 Å². The number of carbonyl (C=O) groups is 2. The summed E-state index contributed by atoms with van der Waals surface area (Å²) in [7, 11) is 0. The number of halogens is 2. The van der Waals surface area contributed by atoms with Crippen LogP contribution < -0.4 is 5.32 Å². The average Bonchev–Trinajstić information content (AvgIpc) is 3.04. The molecule has 3 atom stereocenters. The summed E-state index contributed by atoms with van der Waals surface area (Å²) in [4.78, 5) is 25.8. The Morgan fingerprint density at radius 3 is 2.88 bits per heavy atom. The number of benzene rings is 1. The molecule has 1 heterocycles. The highest BCUT2D eigenvalue weighted by Crippen LogP contribution is 2.48. The van der Waals surface area contributed by atoms with Gasteiger partial charge < -0.3 is 15.3 Å². The molecule has 0 unspecified atom stereocenters. The van der Waals surface area contributed by atoms with Crippen LogP contribution in [0.2, 0.25) is 5.02 Å². The normalized spacial score (nSPS) is 27.0. The Balaban J connectivity index is 1.69. The van der Waals surface area contributed by atoms with E-state index in [2.05, 4.69) is 5.32 Å². The van der Waals surface area contributed by atoms with Gasteiger partial charge in [-0.25, -0.2) is 9.18 Å². The summed E-state index contributed by atoms with van der Waals surface area (Å²) >= 11 is 6.03. The summed E-state index contributed by atoms with van der Waals surface area (Å²) in [5.41, 5.74) is -0.174. The Hall–Kier alpha value is -1.82. The zero-order chi connectivity index (χ0) is 17.5. The summed E-state index contributed by atoms with van der Waals surface area (Å²) in [5.74, 6) is -1.22. The molecule has 0 spiro atoms. The Bertz CT molecular complexity index is 684. The van der Waals surface area contributed by atoms with Crippen LogP contribution in [0.4, 0.5) is 9.18 Å². The van der Waals surface area contributed by atoms with Gasteiger partial charge in [0.2, 0.25) is 0 Å². The molecule has 2 aliphatic rings. The number of aliphatic carboxylic acids is 1. The molecule has 1 aromatic rings. The van der Waals surface area contributed by atoms with Crippen molar-refractivity contribution in [3.63, 3.8) is 0 Å². The predicted octanol–water partition coefficient (Wildman–Crippen LogP) is 3.44. The summed E-state index contributed by atoms with van der Waals surface area (Å²) in [6.07, 6.45) is 2.36. The highest BCUT2D eigenvalue weighted by molar-refractivity contribution is 6.31. The molecule has 7 heteroatoms. The van der Waals surface area contributed by atoms with Gasteiger partial charge >= 0.3 is 12.0 Å². The predicted molar refractivity (Wildman–Crippen MR) is 87.3 cm³/mol. The minimum Gasteiger partial charge on any atom is -0.481 e. The molecule has 0 bridgehead atoms. The lowest BCUT2D eigenvalue weighted by Crippen LogP contribution is -2.42. The summed E-state index contributed by atoms with van der Waals surface area (Å²) in [6.45, 7) is 2.46. The fraction of sp³-hybridized carbons (Fsp3) is 0.529. The van der Waals surface area contributed by atoms with Crippen LogP contribution in [0, 0.1) is 17.2 Å². The Kier molecular flexibility index (Phi) is 4.42. The van der Waals surface area contributed by atoms with Crippen LogP contribution in [0.1, 0.15) is 37.8 Å². The van der Waals surface area contributed by atoms with E-state index >= 15 is 0 Å². The number of amides is 2. The van der Waals surface area contributed by atoms with E-state index in [0.29, 0.717) is 18.5 Å². The van der Waals surface area contributed by atoms with Crippen molar-refractivity contribution in [2.75, 3.05) is 13.1 Å². The maximum atomic E-state index is 13.1. The number of carbonyl (C=O) groups excluding carboxylic acids is 1. The highest BCUT2D eigenvalue weighted by Gasteiger charge is 2.55. The number of rotatable bonds is 3. The first-order chi connectivity index (χ1) is 11.3. The van der Waals surface area contributed by atoms with E-state index in [1.807, 2.05) is 0 Å². The van der Waals surface area contributed by atoms with Crippen molar-refractivity contribution in [3.05, 3.63) is 34.6 Å². The van der Waals surface area contributed by atoms with Crippen LogP contribution in [-0.4, -0.2) is 35.1 Å². The van der Waals surface area contributed by atoms with Gasteiger partial charge in [-0.1, -0.05) is 24.1 Å². The van der Waals surface area contributed by atoms with E-state index in [1.165, 1.54) is 12.1 Å². The standard InChI is InChI=1S/C17H20ClFN2O3/c1-10(13-5-4-12(19)7-14(13)18)20-16(24)21-8-11-3-2-6-17(11,9-21)15(22)23/h4-5,7,10-11H,2-3,6,8-9H2,1H3,(H,20,24)(H,22,23)/t10-,11-,17+/m0/s1. The van der Waals surface area contributed by atoms with E-state index in [9.17, 15) is 19.1 Å². The van der Waals surface area contributed by atoms with Crippen LogP contribution in [-0.2, 0) is 4.79 Å². The average molecular weight is 355 g/mol. The van der Waals surface area contributed by atoms with Crippen LogP contribution in [0.3, 0.4) is 0 Å². The number of hydrogen-bond donors (Lipinski definition) is 2. The number of urea groups is 1. The number of nitrogens with one attached hydrogen (secondary N) is 1. The van der Waals surface area contributed by atoms with E-state index in [4.69, 9.17) is 11.6 Å². The van der Waals surface area contributed by atoms with Crippen molar-refractivity contribution in [1.82, 2.24) is 10.2 Å². The fourth-order valence-corrected chi connectivity index (χ4v) is 4.33. The molecule has 2 N–H and O–H groups in total. The zero-order valence-corrected chi connectivity index (χ0v) is 14.1. The molecule has 1 saturated heterocycles. The molecule has 3 rings (SSSR count). The van der Waals surface area contributed by atoms with Gasteiger partial charge in [-0.15, -0.1) is 0 Å². The Morgan fingerprint density at radius 2 is 2.25 bits per heavy atom. The van der Waals surface area contributed by atoms with Gasteiger partial charge in [0.25, 0.3) is 0 Å². The monoisotopic (exact) mass is 354 g/mol. The third-order valence-corrected chi connectivity index (χ3v) is 5.68. The van der Waals surface area contributed by atoms with E-state index < -0.39 is 23.2 Å². The largest absolute Gasteiger partial charge is 0.481 e. The molecule has 1 aliphatic carbocycles. The van der Waals surface area contributed by atoms with Gasteiger partial charge in [0.15, 0.2) is 0 Å². The number of carboxylic acids is 1. The quantitative estimate of drug-likeness (QED) is 0.873. The lowest BCUT2D eigenvalue weighted by atomic mass is 9.81. The Labute approximate surface area is 144 Å². The second-order valence-electron chi connectivity index (χ2n) is 6.77. The van der Waals surface area contributed by atoms with Gasteiger partial charge in [0.05, 0.1) is 11.5 Å². The molecule has 1 saturated carbocycles. The minimum atomic E-state index is -0.810. The first kappa shape index (κ1) is 17.0. The van der Waals surface area contributed by atoms with E-state index in [0.717, 1.165) is 12.8 Å². The Morgan fingerprint density at radius 1 is 1.50 bits per heavy atom. The van der Waals surface area contributed by atoms with Crippen molar-refractivity contribution in [3.8, 4) is 0 Å². The third-order valence-electron chi connectivity index (χ3n) is 5.35. The van der Waals surface area contributed by atoms with Crippen LogP contribution in [0.5, 0.6) is 0 Å². The second-order valence-corrected chi connectivity index (χ2v) is 7.18. The molecule has 24 heavy (non-hydrogen) atoms. The van der Waals surface area contributed by atoms with E-state index in [1.54, 1.807) is 17.9 Å². The van der Waals surface area contributed by atoms with E-state index in [-0.39, 0.29) is 23.5 Å². The number of likely N-dealkylation sites (tertiary alicyclic amines) is 1. The third kappa shape index (κ3) is 2.83. The summed E-state index contributed by atoms with van der Waals surface area (Å²) in [5, 5.41) is 12.7. The molecular formula is C17H20ClFN2O3. The second kappa shape index (κ2) is 6.24. The molecule has 2 fully saturated rings. The first-order valence-electron chi connectivity index (χ1n) is 8.07. The molecular weight excluding hydrogens is 335 g/mol. The molecule has 0 radical (unpaired) electrons. The van der Waals surface area contributed by atoms with Crippen LogP contribution >= 0.6 is 11.6 Å². The van der Waals surface area contributed by atoms with Crippen molar-refractivity contribution >= 4 is 23.6 Å². The first-order valence-corrected chi connectivity index (χ1v) is 8.45. The van der Waals surface area contributed by atoms with Crippen molar-refractivity contribution in [1.29, 1.82) is 0 Å². The van der Waals surface area contributed by atoms with Crippen molar-refractivity contribution in [2.45, 2.75) is 32.2 Å². The SMILES string of the molecule is C[C@H](NC(=O)N1C[C@@H]2CCC[C@@]2(C(=O)O)C1)c1ccc(F)cc1Cl. The molecule has 2 amide bonds. The maximum Gasteiger partial charge on any atom is 0.317 e. The van der Waals surface area contributed by atoms with Crippen molar-refractivity contribution < 1.29 is 19.1 Å². The van der Waals surface area contributed by atoms with Gasteiger partial charge in [0.1, 0.15) is 5.82 Å². The summed E-state index contributed by atoms with van der Waals surface area (Å²) < 4.78 is 13.1. The number of nitrogens with zero attached hydrogens (tertiary/aromatic N) is 1. The van der Waals surface area contributed by atoms with Gasteiger partial charge in [-0.05, 0) is 43.4 Å². The molecule has 130 valence electrons. The van der Waals surface area contributed by atoms with Gasteiger partial charge in [0, 0.05) is 18.1 Å². The topological polar surface area (TPSA) is 69.6 Å². The zero-order valence-electron chi connectivity index (χ0n) is 13.4.